The van der Waals surface area contributed by atoms with Crippen LogP contribution in [0.25, 0.3) is 0 Å². The Hall–Kier alpha value is -0.330. The average molecular weight is 1100 g/mol. The maximum Gasteiger partial charge on any atom is 1.00 e. The molecule has 6 N–H and O–H groups in total. The first-order valence-corrected chi connectivity index (χ1v) is 23.1. The molecule has 0 aromatic heterocycles. The molecule has 0 amide bonds. The SMILES string of the molecule is O=C(O)c1cc(NS(=O)(=O)c2cc(S(=O)(=O)Nc3cc(C(=O)O)c([O-])c(S(=O)(=O)[O-])c3)cc(S(=O)(=O)Nc3cc(C(=O)O)c([O-])c(S(=O)(=O)[O-])c3)c2)cc(S(=O)(=O)[O-])c1[O-].[Na+].[Na+].[Na+].[Na+].[Na+].[Na+]. The quantitative estimate of drug-likeness (QED) is 0.0475. The molecule has 0 unspecified atom stereocenters. The Labute approximate surface area is 505 Å². The van der Waals surface area contributed by atoms with Gasteiger partial charge in [-0.3, -0.25) is 14.2 Å². The van der Waals surface area contributed by atoms with Gasteiger partial charge < -0.3 is 44.3 Å². The van der Waals surface area contributed by atoms with Gasteiger partial charge in [0.2, 0.25) is 0 Å². The van der Waals surface area contributed by atoms with E-state index in [1.165, 1.54) is 14.2 Å². The van der Waals surface area contributed by atoms with Gasteiger partial charge in [-0.1, -0.05) is 17.2 Å². The van der Waals surface area contributed by atoms with Crippen molar-refractivity contribution in [1.82, 2.24) is 0 Å². The Balaban J connectivity index is -0.00000661. The van der Waals surface area contributed by atoms with Crippen LogP contribution in [-0.2, 0) is 60.4 Å². The summed E-state index contributed by atoms with van der Waals surface area (Å²) in [6.45, 7) is 0. The molecule has 4 rings (SSSR count). The molecular weight excluding hydrogens is 1080 g/mol. The largest absolute Gasteiger partial charge is 1.00 e. The molecule has 0 aliphatic heterocycles. The molecule has 0 fully saturated rings. The van der Waals surface area contributed by atoms with Crippen molar-refractivity contribution < 1.29 is 287 Å². The van der Waals surface area contributed by atoms with Crippen molar-refractivity contribution in [2.24, 2.45) is 0 Å². The summed E-state index contributed by atoms with van der Waals surface area (Å²) in [4.78, 5) is 24.6. The standard InChI is InChI=1S/C27H21N3O24S6.6Na/c31-22-16(25(34)35)1-10(4-19(22)58(46,47)48)28-55(40,41)13-7-14(56(42,43)29-11-2-17(26(36)37)23(32)20(5-11)59(49,50)51)9-15(8-13)57(44,45)30-12-3-18(27(38)39)24(33)21(6-12)60(52,53)54;;;;;;/h1-9,28-33H,(H,34,35)(H,36,37)(H,38,39)(H,46,47,48)(H,49,50,51)(H,52,53,54);;;;;;/q;6*+1/p-6. The first-order chi connectivity index (χ1) is 27.1. The molecule has 0 heterocycles. The monoisotopic (exact) mass is 1090 g/mol. The van der Waals surface area contributed by atoms with Gasteiger partial charge in [-0.25, -0.2) is 64.9 Å². The van der Waals surface area contributed by atoms with Crippen LogP contribution in [0.3, 0.4) is 0 Å². The molecule has 0 aliphatic carbocycles. The number of sulfonamides is 3. The summed E-state index contributed by atoms with van der Waals surface area (Å²) < 4.78 is 191. The summed E-state index contributed by atoms with van der Waals surface area (Å²) in [7, 11) is -34.5. The van der Waals surface area contributed by atoms with Crippen LogP contribution < -0.4 is 207 Å². The van der Waals surface area contributed by atoms with Gasteiger partial charge in [0.15, 0.2) is 0 Å². The predicted octanol–water partition coefficient (Wildman–Crippen LogP) is -20.9. The fourth-order valence-corrected chi connectivity index (χ4v) is 10.0. The van der Waals surface area contributed by atoms with E-state index in [-0.39, 0.29) is 232 Å². The molecule has 0 saturated carbocycles. The summed E-state index contributed by atoms with van der Waals surface area (Å²) in [6.07, 6.45) is 0. The van der Waals surface area contributed by atoms with E-state index < -0.39 is 159 Å². The number of nitrogens with one attached hydrogen (secondary N) is 3. The first-order valence-electron chi connectivity index (χ1n) is 14.4. The van der Waals surface area contributed by atoms with E-state index in [9.17, 15) is 109 Å². The van der Waals surface area contributed by atoms with Crippen molar-refractivity contribution in [3.8, 4) is 17.2 Å². The van der Waals surface area contributed by atoms with E-state index in [1.54, 1.807) is 0 Å². The molecule has 66 heavy (non-hydrogen) atoms. The van der Waals surface area contributed by atoms with Crippen LogP contribution in [0.4, 0.5) is 17.1 Å². The van der Waals surface area contributed by atoms with Gasteiger partial charge in [0.1, 0.15) is 30.4 Å². The molecule has 4 aromatic carbocycles. The van der Waals surface area contributed by atoms with Gasteiger partial charge in [-0.15, -0.1) is 0 Å². The van der Waals surface area contributed by atoms with Crippen LogP contribution in [0.1, 0.15) is 31.1 Å². The van der Waals surface area contributed by atoms with Crippen LogP contribution in [0.15, 0.2) is 84.0 Å². The van der Waals surface area contributed by atoms with E-state index in [0.29, 0.717) is 0 Å². The van der Waals surface area contributed by atoms with Crippen molar-refractivity contribution in [2.45, 2.75) is 29.4 Å². The zero-order valence-electron chi connectivity index (χ0n) is 34.1. The van der Waals surface area contributed by atoms with Gasteiger partial charge in [0.25, 0.3) is 30.1 Å². The molecule has 0 spiro atoms. The summed E-state index contributed by atoms with van der Waals surface area (Å²) in [5.74, 6) is -12.4. The minimum atomic E-state index is -5.85. The van der Waals surface area contributed by atoms with Crippen LogP contribution >= 0.6 is 0 Å². The smallest absolute Gasteiger partial charge is 0.871 e. The van der Waals surface area contributed by atoms with Crippen molar-refractivity contribution in [2.75, 3.05) is 14.2 Å². The molecule has 0 radical (unpaired) electrons. The number of hydrogen-bond donors (Lipinski definition) is 6. The number of carboxylic acid groups (broad SMARTS) is 3. The zero-order valence-corrected chi connectivity index (χ0v) is 51.0. The molecule has 0 atom stereocenters. The van der Waals surface area contributed by atoms with Gasteiger partial charge >= 0.3 is 195 Å². The third kappa shape index (κ3) is 16.6. The number of hydrogen-bond acceptors (Lipinski definition) is 21. The van der Waals surface area contributed by atoms with Gasteiger partial charge in [-0.05, 0) is 54.6 Å². The Morgan fingerprint density at radius 2 is 0.545 bits per heavy atom. The second-order valence-electron chi connectivity index (χ2n) is 11.3. The average Bonchev–Trinajstić information content (AvgIpc) is 3.07. The zero-order chi connectivity index (χ0) is 45.9. The summed E-state index contributed by atoms with van der Waals surface area (Å²) in [6, 6.07) is 0.699. The molecule has 0 aliphatic rings. The number of benzene rings is 4. The van der Waals surface area contributed by atoms with Gasteiger partial charge in [-0.2, -0.15) is 0 Å². The number of carboxylic acids is 3. The minimum Gasteiger partial charge on any atom is -0.871 e. The third-order valence-electron chi connectivity index (χ3n) is 7.20. The van der Waals surface area contributed by atoms with Crippen molar-refractivity contribution >= 4 is 95.4 Å². The Morgan fingerprint density at radius 1 is 0.364 bits per heavy atom. The second kappa shape index (κ2) is 25.4. The Morgan fingerprint density at radius 3 is 0.697 bits per heavy atom. The normalized spacial score (nSPS) is 11.5. The number of aromatic carboxylic acids is 3. The van der Waals surface area contributed by atoms with Crippen LogP contribution in [-0.4, -0.2) is 97.4 Å². The fraction of sp³-hybridized carbons (Fsp3) is 0. The van der Waals surface area contributed by atoms with Crippen LogP contribution in [0.5, 0.6) is 17.2 Å². The van der Waals surface area contributed by atoms with Gasteiger partial charge in [0, 0.05) is 14.7 Å². The van der Waals surface area contributed by atoms with E-state index in [2.05, 4.69) is 0 Å². The third-order valence-corrected chi connectivity index (χ3v) is 13.8. The molecule has 27 nitrogen and oxygen atoms in total. The van der Waals surface area contributed by atoms with E-state index in [0.717, 1.165) is 0 Å². The molecule has 0 bridgehead atoms. The molecule has 324 valence electrons. The van der Waals surface area contributed by atoms with Crippen molar-refractivity contribution in [3.05, 3.63) is 71.3 Å². The molecule has 4 aromatic rings. The molecule has 0 saturated heterocycles. The fourth-order valence-electron chi connectivity index (χ4n) is 4.67. The second-order valence-corrected chi connectivity index (χ2v) is 20.4. The Bertz CT molecular complexity index is 2930. The molecular formula is C27H15N3Na6O24S6. The number of rotatable bonds is 15. The Kier molecular flexibility index (Phi) is 26.9. The predicted molar refractivity (Wildman–Crippen MR) is 181 cm³/mol. The van der Waals surface area contributed by atoms with E-state index >= 15 is 0 Å². The molecule has 39 heteroatoms. The van der Waals surface area contributed by atoms with Crippen molar-refractivity contribution in [3.63, 3.8) is 0 Å². The maximum atomic E-state index is 13.6. The summed E-state index contributed by atoms with van der Waals surface area (Å²) in [5, 5.41) is 64.8. The van der Waals surface area contributed by atoms with E-state index in [4.69, 9.17) is 0 Å². The van der Waals surface area contributed by atoms with E-state index in [1.807, 2.05) is 0 Å². The van der Waals surface area contributed by atoms with Gasteiger partial charge in [0.05, 0.1) is 48.4 Å². The number of carbonyl (C=O) groups is 3. The maximum absolute atomic E-state index is 13.6. The topological polar surface area (TPSA) is 491 Å². The minimum absolute atomic E-state index is 0. The van der Waals surface area contributed by atoms with Crippen molar-refractivity contribution in [1.29, 1.82) is 0 Å². The van der Waals surface area contributed by atoms with Crippen LogP contribution in [0, 0.1) is 0 Å². The summed E-state index contributed by atoms with van der Waals surface area (Å²) >= 11 is 0. The number of anilines is 3. The summed E-state index contributed by atoms with van der Waals surface area (Å²) in [5.41, 5.74) is -8.22. The van der Waals surface area contributed by atoms with Crippen LogP contribution in [0.2, 0.25) is 0 Å². The first kappa shape index (κ1) is 69.9.